The number of thiophene rings is 1. The van der Waals surface area contributed by atoms with E-state index in [0.717, 1.165) is 55.0 Å². The summed E-state index contributed by atoms with van der Waals surface area (Å²) >= 11 is 1.62. The first kappa shape index (κ1) is 20.7. The predicted molar refractivity (Wildman–Crippen MR) is 119 cm³/mol. The van der Waals surface area contributed by atoms with Crippen molar-refractivity contribution in [3.63, 3.8) is 0 Å². The topological polar surface area (TPSA) is 58.6 Å². The molecule has 2 fully saturated rings. The summed E-state index contributed by atoms with van der Waals surface area (Å²) in [6.07, 6.45) is 7.12. The molecule has 6 heteroatoms. The Balaban J connectivity index is 1.20. The Morgan fingerprint density at radius 1 is 1.27 bits per heavy atom. The molecular formula is C24H28N2O3S. The van der Waals surface area contributed by atoms with Crippen molar-refractivity contribution in [1.29, 1.82) is 0 Å². The molecule has 0 bridgehead atoms. The Morgan fingerprint density at radius 3 is 2.83 bits per heavy atom. The van der Waals surface area contributed by atoms with Crippen LogP contribution in [-0.4, -0.2) is 43.5 Å². The third-order valence-electron chi connectivity index (χ3n) is 6.36. The lowest BCUT2D eigenvalue weighted by Crippen LogP contribution is -2.40. The van der Waals surface area contributed by atoms with Crippen molar-refractivity contribution in [3.05, 3.63) is 58.3 Å². The van der Waals surface area contributed by atoms with E-state index in [1.165, 1.54) is 0 Å². The Morgan fingerprint density at radius 2 is 2.10 bits per heavy atom. The van der Waals surface area contributed by atoms with E-state index in [1.807, 2.05) is 52.8 Å². The largest absolute Gasteiger partial charge is 0.497 e. The van der Waals surface area contributed by atoms with E-state index in [0.29, 0.717) is 6.54 Å². The summed E-state index contributed by atoms with van der Waals surface area (Å²) in [5.74, 6) is 1.17. The van der Waals surface area contributed by atoms with Crippen molar-refractivity contribution >= 4 is 29.2 Å². The summed E-state index contributed by atoms with van der Waals surface area (Å²) in [6, 6.07) is 11.9. The average Bonchev–Trinajstić information content (AvgIpc) is 3.21. The van der Waals surface area contributed by atoms with Gasteiger partial charge < -0.3 is 15.0 Å². The monoisotopic (exact) mass is 424 g/mol. The minimum absolute atomic E-state index is 0.0678. The molecule has 158 valence electrons. The van der Waals surface area contributed by atoms with E-state index in [9.17, 15) is 9.59 Å². The van der Waals surface area contributed by atoms with Gasteiger partial charge in [0.05, 0.1) is 7.11 Å². The van der Waals surface area contributed by atoms with Crippen LogP contribution in [0.15, 0.2) is 47.9 Å². The van der Waals surface area contributed by atoms with Crippen LogP contribution in [0.3, 0.4) is 0 Å². The molecule has 1 aliphatic carbocycles. The minimum atomic E-state index is 0.0678. The van der Waals surface area contributed by atoms with E-state index in [-0.39, 0.29) is 23.1 Å². The molecule has 2 amide bonds. The smallest absolute Gasteiger partial charge is 0.246 e. The SMILES string of the molecule is COc1cccc(CCNC(=O)[C@@H]2CC23CCN(C(=O)/C=C/c2cccs2)CC3)c1. The summed E-state index contributed by atoms with van der Waals surface area (Å²) in [4.78, 5) is 28.0. The predicted octanol–water partition coefficient (Wildman–Crippen LogP) is 3.76. The van der Waals surface area contributed by atoms with E-state index >= 15 is 0 Å². The molecule has 30 heavy (non-hydrogen) atoms. The van der Waals surface area contributed by atoms with Crippen molar-refractivity contribution < 1.29 is 14.3 Å². The molecule has 1 aliphatic heterocycles. The number of carbonyl (C=O) groups is 2. The highest BCUT2D eigenvalue weighted by atomic mass is 32.1. The molecule has 1 aromatic heterocycles. The molecule has 2 heterocycles. The van der Waals surface area contributed by atoms with Crippen molar-refractivity contribution in [1.82, 2.24) is 10.2 Å². The first-order valence-corrected chi connectivity index (χ1v) is 11.4. The van der Waals surface area contributed by atoms with Crippen molar-refractivity contribution in [2.24, 2.45) is 11.3 Å². The van der Waals surface area contributed by atoms with E-state index in [2.05, 4.69) is 5.32 Å². The van der Waals surface area contributed by atoms with Crippen LogP contribution in [0.2, 0.25) is 0 Å². The molecule has 1 saturated heterocycles. The lowest BCUT2D eigenvalue weighted by Gasteiger charge is -2.32. The number of hydrogen-bond acceptors (Lipinski definition) is 4. The Bertz CT molecular complexity index is 914. The van der Waals surface area contributed by atoms with E-state index in [1.54, 1.807) is 24.5 Å². The highest BCUT2D eigenvalue weighted by molar-refractivity contribution is 7.10. The fraction of sp³-hybridized carbons (Fsp3) is 0.417. The van der Waals surface area contributed by atoms with Crippen molar-refractivity contribution in [2.75, 3.05) is 26.7 Å². The maximum Gasteiger partial charge on any atom is 0.246 e. The van der Waals surface area contributed by atoms with Gasteiger partial charge in [-0.05, 0) is 66.3 Å². The molecule has 5 nitrogen and oxygen atoms in total. The number of nitrogens with one attached hydrogen (secondary N) is 1. The molecule has 4 rings (SSSR count). The second kappa shape index (κ2) is 9.04. The molecule has 1 aromatic carbocycles. The van der Waals surface area contributed by atoms with Crippen LogP contribution < -0.4 is 10.1 Å². The number of nitrogens with zero attached hydrogens (tertiary/aromatic N) is 1. The highest BCUT2D eigenvalue weighted by Gasteiger charge is 2.58. The zero-order chi connectivity index (χ0) is 21.0. The van der Waals surface area contributed by atoms with Gasteiger partial charge in [0.1, 0.15) is 5.75 Å². The maximum atomic E-state index is 12.6. The van der Waals surface area contributed by atoms with Gasteiger partial charge in [-0.25, -0.2) is 0 Å². The van der Waals surface area contributed by atoms with Crippen LogP contribution in [-0.2, 0) is 16.0 Å². The van der Waals surface area contributed by atoms with Gasteiger partial charge in [0, 0.05) is 36.5 Å². The molecule has 1 N–H and O–H groups in total. The van der Waals surface area contributed by atoms with E-state index in [4.69, 9.17) is 4.74 Å². The number of likely N-dealkylation sites (tertiary alicyclic amines) is 1. The standard InChI is InChI=1S/C24H28N2O3S/c1-29-19-5-2-4-18(16-19)9-12-25-23(28)21-17-24(21)10-13-26(14-11-24)22(27)8-7-20-6-3-15-30-20/h2-8,15-16,21H,9-14,17H2,1H3,(H,25,28)/b8-7+/t21-/m0/s1. The lowest BCUT2D eigenvalue weighted by atomic mass is 9.90. The molecule has 1 spiro atoms. The molecule has 0 radical (unpaired) electrons. The molecular weight excluding hydrogens is 396 g/mol. The number of carbonyl (C=O) groups excluding carboxylic acids is 2. The summed E-state index contributed by atoms with van der Waals surface area (Å²) in [5, 5.41) is 5.11. The van der Waals surface area contributed by atoms with Crippen LogP contribution in [0, 0.1) is 11.3 Å². The van der Waals surface area contributed by atoms with Crippen LogP contribution in [0.1, 0.15) is 29.7 Å². The zero-order valence-corrected chi connectivity index (χ0v) is 18.1. The third-order valence-corrected chi connectivity index (χ3v) is 7.20. The maximum absolute atomic E-state index is 12.6. The van der Waals surface area contributed by atoms with E-state index < -0.39 is 0 Å². The highest BCUT2D eigenvalue weighted by Crippen LogP contribution is 2.59. The Kier molecular flexibility index (Phi) is 6.23. The first-order chi connectivity index (χ1) is 14.6. The van der Waals surface area contributed by atoms with Crippen LogP contribution in [0.5, 0.6) is 5.75 Å². The van der Waals surface area contributed by atoms with Crippen molar-refractivity contribution in [2.45, 2.75) is 25.7 Å². The summed E-state index contributed by atoms with van der Waals surface area (Å²) < 4.78 is 5.25. The summed E-state index contributed by atoms with van der Waals surface area (Å²) in [6.45, 7) is 2.11. The van der Waals surface area contributed by atoms with Gasteiger partial charge in [0.15, 0.2) is 0 Å². The number of piperidine rings is 1. The number of amides is 2. The second-order valence-corrected chi connectivity index (χ2v) is 9.16. The second-order valence-electron chi connectivity index (χ2n) is 8.19. The number of ether oxygens (including phenoxy) is 1. The van der Waals surface area contributed by atoms with Gasteiger partial charge in [0.25, 0.3) is 0 Å². The van der Waals surface area contributed by atoms with Gasteiger partial charge in [-0.2, -0.15) is 0 Å². The van der Waals surface area contributed by atoms with Gasteiger partial charge in [-0.1, -0.05) is 18.2 Å². The molecule has 1 atom stereocenters. The first-order valence-electron chi connectivity index (χ1n) is 10.5. The lowest BCUT2D eigenvalue weighted by molar-refractivity contribution is -0.127. The van der Waals surface area contributed by atoms with Crippen LogP contribution in [0.4, 0.5) is 0 Å². The Hall–Kier alpha value is -2.60. The molecule has 0 unspecified atom stereocenters. The van der Waals surface area contributed by atoms with Gasteiger partial charge in [-0.3, -0.25) is 9.59 Å². The molecule has 1 saturated carbocycles. The van der Waals surface area contributed by atoms with Gasteiger partial charge in [0.2, 0.25) is 11.8 Å². The number of benzene rings is 1. The zero-order valence-electron chi connectivity index (χ0n) is 17.3. The fourth-order valence-corrected chi connectivity index (χ4v) is 4.99. The molecule has 2 aliphatic rings. The number of methoxy groups -OCH3 is 1. The quantitative estimate of drug-likeness (QED) is 0.689. The fourth-order valence-electron chi connectivity index (χ4n) is 4.37. The normalized spacial score (nSPS) is 19.8. The third kappa shape index (κ3) is 4.75. The number of rotatable bonds is 7. The van der Waals surface area contributed by atoms with Gasteiger partial charge >= 0.3 is 0 Å². The van der Waals surface area contributed by atoms with Crippen LogP contribution >= 0.6 is 11.3 Å². The number of hydrogen-bond donors (Lipinski definition) is 1. The molecule has 2 aromatic rings. The summed E-state index contributed by atoms with van der Waals surface area (Å²) in [5.41, 5.74) is 1.26. The van der Waals surface area contributed by atoms with Crippen LogP contribution in [0.25, 0.3) is 6.08 Å². The van der Waals surface area contributed by atoms with Crippen molar-refractivity contribution in [3.8, 4) is 5.75 Å². The van der Waals surface area contributed by atoms with Gasteiger partial charge in [-0.15, -0.1) is 11.3 Å². The average molecular weight is 425 g/mol. The summed E-state index contributed by atoms with van der Waals surface area (Å²) in [7, 11) is 1.66. The minimum Gasteiger partial charge on any atom is -0.497 e. The Labute approximate surface area is 181 Å².